The maximum Gasteiger partial charge on any atom is 0.198 e. The van der Waals surface area contributed by atoms with E-state index < -0.39 is 30.9 Å². The summed E-state index contributed by atoms with van der Waals surface area (Å²) in [4.78, 5) is 8.92. The Balaban J connectivity index is 1.50. The number of nitrogens with zero attached hydrogens (tertiary/aromatic N) is 3. The molecule has 212 valence electrons. The molecule has 0 spiro atoms. The van der Waals surface area contributed by atoms with Crippen molar-refractivity contribution in [2.24, 2.45) is 10.4 Å². The average Bonchev–Trinajstić information content (AvgIpc) is 3.18. The van der Waals surface area contributed by atoms with E-state index >= 15 is 8.78 Å². The molecule has 0 unspecified atom stereocenters. The van der Waals surface area contributed by atoms with Crippen LogP contribution in [0.25, 0.3) is 11.0 Å². The molecular weight excluding hydrogens is 657 g/mol. The van der Waals surface area contributed by atoms with Gasteiger partial charge in [-0.1, -0.05) is 31.4 Å². The Kier molecular flexibility index (Phi) is 9.91. The first kappa shape index (κ1) is 30.2. The molecule has 1 aliphatic rings. The lowest BCUT2D eigenvalue weighted by atomic mass is 9.87. The maximum absolute atomic E-state index is 15.1. The van der Waals surface area contributed by atoms with E-state index in [2.05, 4.69) is 57.5 Å². The minimum atomic E-state index is -1.20. The van der Waals surface area contributed by atoms with Crippen molar-refractivity contribution in [2.45, 2.75) is 32.4 Å². The van der Waals surface area contributed by atoms with E-state index in [9.17, 15) is 5.11 Å². The zero-order chi connectivity index (χ0) is 28.2. The van der Waals surface area contributed by atoms with Gasteiger partial charge in [0.2, 0.25) is 0 Å². The third kappa shape index (κ3) is 7.49. The molecule has 0 amide bonds. The molecule has 1 aliphatic heterocycles. The molecule has 8 nitrogen and oxygen atoms in total. The van der Waals surface area contributed by atoms with Gasteiger partial charge in [0.05, 0.1) is 37.2 Å². The molecule has 2 aromatic heterocycles. The third-order valence-electron chi connectivity index (χ3n) is 6.26. The molecule has 39 heavy (non-hydrogen) atoms. The van der Waals surface area contributed by atoms with Gasteiger partial charge >= 0.3 is 0 Å². The van der Waals surface area contributed by atoms with Gasteiger partial charge in [-0.25, -0.2) is 13.8 Å². The summed E-state index contributed by atoms with van der Waals surface area (Å²) in [7, 11) is -1.20. The van der Waals surface area contributed by atoms with Crippen LogP contribution < -0.4 is 10.1 Å². The Bertz CT molecular complexity index is 1320. The molecule has 0 saturated carbocycles. The lowest BCUT2D eigenvalue weighted by molar-refractivity contribution is -0.129. The number of amidine groups is 1. The number of nitrogens with one attached hydrogen (secondary N) is 1. The van der Waals surface area contributed by atoms with Gasteiger partial charge in [-0.3, -0.25) is 4.99 Å². The third-order valence-corrected chi connectivity index (χ3v) is 9.40. The van der Waals surface area contributed by atoms with Crippen LogP contribution >= 0.6 is 34.4 Å². The lowest BCUT2D eigenvalue weighted by Crippen LogP contribution is -2.48. The zero-order valence-corrected chi connectivity index (χ0v) is 26.4. The fourth-order valence-electron chi connectivity index (χ4n) is 3.84. The van der Waals surface area contributed by atoms with Gasteiger partial charge in [0.25, 0.3) is 0 Å². The molecule has 3 heterocycles. The summed E-state index contributed by atoms with van der Waals surface area (Å²) in [6, 6.07) is 4.97. The second-order valence-electron chi connectivity index (χ2n) is 10.8. The fourth-order valence-corrected chi connectivity index (χ4v) is 5.86. The molecule has 2 N–H and O–H groups in total. The minimum absolute atomic E-state index is 0.0380. The number of anilines is 1. The molecule has 0 aliphatic carbocycles. The molecule has 0 radical (unpaired) electrons. The number of aromatic nitrogens is 2. The summed E-state index contributed by atoms with van der Waals surface area (Å²) >= 11 is 3.46. The molecule has 3 aromatic rings. The van der Waals surface area contributed by atoms with Crippen LogP contribution in [0.1, 0.15) is 0 Å². The molecular formula is C26H33F2IN4O4SSi. The highest BCUT2D eigenvalue weighted by Crippen LogP contribution is 2.36. The van der Waals surface area contributed by atoms with Gasteiger partial charge in [0, 0.05) is 48.5 Å². The van der Waals surface area contributed by atoms with E-state index in [-0.39, 0.29) is 12.3 Å². The van der Waals surface area contributed by atoms with Crippen molar-refractivity contribution in [1.82, 2.24) is 9.55 Å². The van der Waals surface area contributed by atoms with E-state index in [0.29, 0.717) is 55.0 Å². The number of hydrogen-bond donors (Lipinski definition) is 2. The number of halogens is 3. The standard InChI is InChI=1S/C26H33F2IN4O4SSi/c1-38-25(31-12-26(13-34)14-36-15-26)32-17-9-18(27)23(19(28)10-17)37-21-5-6-30-24-22(21)20(29)11-33(24)16-35-7-8-39(2,3)4/h5-6,9-11,34H,7-8,12-16H2,1-4H3,(H,31,32). The maximum atomic E-state index is 15.1. The number of pyridine rings is 1. The van der Waals surface area contributed by atoms with E-state index in [0.717, 1.165) is 9.61 Å². The summed E-state index contributed by atoms with van der Waals surface area (Å²) in [5.74, 6) is -1.92. The van der Waals surface area contributed by atoms with Crippen LogP contribution in [0.4, 0.5) is 14.5 Å². The van der Waals surface area contributed by atoms with Gasteiger partial charge in [0.15, 0.2) is 22.6 Å². The second-order valence-corrected chi connectivity index (χ2v) is 18.4. The van der Waals surface area contributed by atoms with Crippen molar-refractivity contribution in [3.05, 3.63) is 45.8 Å². The molecule has 1 aromatic carbocycles. The normalized spacial score (nSPS) is 15.4. The van der Waals surface area contributed by atoms with Crippen LogP contribution in [0.3, 0.4) is 0 Å². The van der Waals surface area contributed by atoms with Crippen LogP contribution in [-0.2, 0) is 16.2 Å². The molecule has 0 atom stereocenters. The summed E-state index contributed by atoms with van der Waals surface area (Å²) in [5, 5.41) is 13.7. The number of ether oxygens (including phenoxy) is 3. The number of thioether (sulfide) groups is 1. The summed E-state index contributed by atoms with van der Waals surface area (Å²) in [6.07, 6.45) is 5.24. The van der Waals surface area contributed by atoms with Gasteiger partial charge in [-0.05, 0) is 41.0 Å². The zero-order valence-electron chi connectivity index (χ0n) is 22.4. The number of benzene rings is 1. The smallest absolute Gasteiger partial charge is 0.198 e. The predicted octanol–water partition coefficient (Wildman–Crippen LogP) is 6.16. The lowest BCUT2D eigenvalue weighted by Gasteiger charge is -2.38. The molecule has 0 bridgehead atoms. The van der Waals surface area contributed by atoms with Crippen LogP contribution in [0.5, 0.6) is 11.5 Å². The van der Waals surface area contributed by atoms with Crippen LogP contribution in [0, 0.1) is 20.6 Å². The van der Waals surface area contributed by atoms with Crippen molar-refractivity contribution >= 4 is 64.3 Å². The van der Waals surface area contributed by atoms with Crippen LogP contribution in [-0.4, -0.2) is 67.1 Å². The quantitative estimate of drug-likeness (QED) is 0.0819. The molecule has 1 saturated heterocycles. The first-order chi connectivity index (χ1) is 18.5. The topological polar surface area (TPSA) is 90.1 Å². The Morgan fingerprint density at radius 2 is 2.03 bits per heavy atom. The Hall–Kier alpha value is -1.78. The number of aliphatic hydroxyl groups is 1. The Labute approximate surface area is 245 Å². The van der Waals surface area contributed by atoms with Gasteiger partial charge in [0.1, 0.15) is 18.1 Å². The van der Waals surface area contributed by atoms with E-state index in [4.69, 9.17) is 14.2 Å². The van der Waals surface area contributed by atoms with Gasteiger partial charge < -0.3 is 29.2 Å². The largest absolute Gasteiger partial charge is 0.450 e. The predicted molar refractivity (Wildman–Crippen MR) is 163 cm³/mol. The second kappa shape index (κ2) is 12.8. The molecule has 1 fully saturated rings. The highest BCUT2D eigenvalue weighted by atomic mass is 127. The molecule has 4 rings (SSSR count). The van der Waals surface area contributed by atoms with Crippen LogP contribution in [0.15, 0.2) is 35.6 Å². The highest BCUT2D eigenvalue weighted by Gasteiger charge is 2.38. The number of aliphatic hydroxyl groups excluding tert-OH is 1. The first-order valence-electron chi connectivity index (χ1n) is 12.5. The molecule has 13 heteroatoms. The van der Waals surface area contributed by atoms with Crippen molar-refractivity contribution < 1.29 is 28.1 Å². The number of aliphatic imine (C=N–C) groups is 1. The summed E-state index contributed by atoms with van der Waals surface area (Å²) < 4.78 is 49.8. The highest BCUT2D eigenvalue weighted by molar-refractivity contribution is 14.1. The average molecular weight is 691 g/mol. The fraction of sp³-hybridized carbons (Fsp3) is 0.462. The van der Waals surface area contributed by atoms with Crippen molar-refractivity contribution in [1.29, 1.82) is 0 Å². The van der Waals surface area contributed by atoms with Crippen molar-refractivity contribution in [3.8, 4) is 11.5 Å². The Morgan fingerprint density at radius 3 is 2.62 bits per heavy atom. The minimum Gasteiger partial charge on any atom is -0.450 e. The van der Waals surface area contributed by atoms with E-state index in [1.165, 1.54) is 23.9 Å². The summed E-state index contributed by atoms with van der Waals surface area (Å²) in [5.41, 5.74) is 0.412. The van der Waals surface area contributed by atoms with Crippen molar-refractivity contribution in [3.63, 3.8) is 0 Å². The van der Waals surface area contributed by atoms with E-state index in [1.807, 2.05) is 10.8 Å². The van der Waals surface area contributed by atoms with Gasteiger partial charge in [-0.15, -0.1) is 0 Å². The Morgan fingerprint density at radius 1 is 1.31 bits per heavy atom. The van der Waals surface area contributed by atoms with E-state index in [1.54, 1.807) is 18.5 Å². The number of hydrogen-bond acceptors (Lipinski definition) is 7. The summed E-state index contributed by atoms with van der Waals surface area (Å²) in [6.45, 7) is 9.05. The van der Waals surface area contributed by atoms with Gasteiger partial charge in [-0.2, -0.15) is 0 Å². The number of rotatable bonds is 11. The number of fused-ring (bicyclic) bond motifs is 1. The van der Waals surface area contributed by atoms with Crippen molar-refractivity contribution in [2.75, 3.05) is 44.5 Å². The first-order valence-corrected chi connectivity index (χ1v) is 18.5. The monoisotopic (exact) mass is 690 g/mol. The van der Waals surface area contributed by atoms with Crippen LogP contribution in [0.2, 0.25) is 25.7 Å². The SMILES string of the molecule is CSC(=NCC1(CO)COC1)Nc1cc(F)c(Oc2ccnc3c2c(I)cn3COCC[Si](C)(C)C)c(F)c1.